The number of nitrogens with zero attached hydrogens (tertiary/aromatic N) is 1. The van der Waals surface area contributed by atoms with Gasteiger partial charge in [0.05, 0.1) is 10.7 Å². The van der Waals surface area contributed by atoms with E-state index in [9.17, 15) is 0 Å². The standard InChI is InChI=1S/C6H8ClN2/c1-2-3-6-5(7)4-8-9-6/h4H,1-3H2,(H,8,9). The zero-order valence-corrected chi connectivity index (χ0v) is 5.78. The highest BCUT2D eigenvalue weighted by atomic mass is 35.5. The minimum absolute atomic E-state index is 0.707. The van der Waals surface area contributed by atoms with Gasteiger partial charge >= 0.3 is 0 Å². The fourth-order valence-corrected chi connectivity index (χ4v) is 0.832. The number of aromatic nitrogens is 2. The smallest absolute Gasteiger partial charge is 0.0815 e. The third-order valence-corrected chi connectivity index (χ3v) is 1.41. The maximum absolute atomic E-state index is 5.70. The molecule has 0 spiro atoms. The van der Waals surface area contributed by atoms with Crippen LogP contribution >= 0.6 is 11.6 Å². The predicted molar refractivity (Wildman–Crippen MR) is 37.3 cm³/mol. The second kappa shape index (κ2) is 2.87. The van der Waals surface area contributed by atoms with E-state index in [1.807, 2.05) is 0 Å². The number of H-pyrrole nitrogens is 1. The summed E-state index contributed by atoms with van der Waals surface area (Å²) < 4.78 is 0. The summed E-state index contributed by atoms with van der Waals surface area (Å²) in [5.74, 6) is 0. The molecule has 1 rings (SSSR count). The first-order valence-corrected chi connectivity index (χ1v) is 3.20. The number of nitrogens with one attached hydrogen (secondary N) is 1. The predicted octanol–water partition coefficient (Wildman–Crippen LogP) is 1.83. The summed E-state index contributed by atoms with van der Waals surface area (Å²) in [5, 5.41) is 7.29. The van der Waals surface area contributed by atoms with Crippen LogP contribution in [0.25, 0.3) is 0 Å². The maximum atomic E-state index is 5.70. The van der Waals surface area contributed by atoms with E-state index >= 15 is 0 Å². The SMILES string of the molecule is [CH2]CCc1n[nH]cc1Cl. The molecule has 0 aromatic carbocycles. The third-order valence-electron chi connectivity index (χ3n) is 1.08. The lowest BCUT2D eigenvalue weighted by atomic mass is 10.3. The molecule has 1 radical (unpaired) electrons. The second-order valence-corrected chi connectivity index (χ2v) is 2.19. The minimum Gasteiger partial charge on any atom is -0.284 e. The fraction of sp³-hybridized carbons (Fsp3) is 0.333. The number of halogens is 1. The topological polar surface area (TPSA) is 28.7 Å². The fourth-order valence-electron chi connectivity index (χ4n) is 0.646. The molecule has 1 heterocycles. The van der Waals surface area contributed by atoms with E-state index in [0.29, 0.717) is 5.02 Å². The number of hydrogen-bond donors (Lipinski definition) is 1. The Labute approximate surface area is 59.2 Å². The average Bonchev–Trinajstić information content (AvgIpc) is 2.18. The highest BCUT2D eigenvalue weighted by molar-refractivity contribution is 6.31. The molecule has 0 saturated heterocycles. The third kappa shape index (κ3) is 1.45. The molecule has 0 amide bonds. The van der Waals surface area contributed by atoms with Gasteiger partial charge in [-0.2, -0.15) is 5.10 Å². The molecular formula is C6H8ClN2. The molecule has 49 valence electrons. The lowest BCUT2D eigenvalue weighted by molar-refractivity contribution is 0.914. The summed E-state index contributed by atoms with van der Waals surface area (Å²) in [5.41, 5.74) is 0.909. The summed E-state index contributed by atoms with van der Waals surface area (Å²) in [4.78, 5) is 0. The lowest BCUT2D eigenvalue weighted by Crippen LogP contribution is -1.82. The Morgan fingerprint density at radius 2 is 2.56 bits per heavy atom. The van der Waals surface area contributed by atoms with Gasteiger partial charge in [-0.3, -0.25) is 5.10 Å². The number of rotatable bonds is 2. The van der Waals surface area contributed by atoms with E-state index in [1.54, 1.807) is 6.20 Å². The van der Waals surface area contributed by atoms with Crippen molar-refractivity contribution in [3.05, 3.63) is 23.8 Å². The van der Waals surface area contributed by atoms with Crippen LogP contribution in [-0.4, -0.2) is 10.2 Å². The van der Waals surface area contributed by atoms with Crippen molar-refractivity contribution in [3.63, 3.8) is 0 Å². The summed E-state index contributed by atoms with van der Waals surface area (Å²) in [7, 11) is 0. The van der Waals surface area contributed by atoms with Crippen molar-refractivity contribution in [2.75, 3.05) is 0 Å². The molecule has 0 aliphatic rings. The van der Waals surface area contributed by atoms with Gasteiger partial charge in [-0.25, -0.2) is 0 Å². The van der Waals surface area contributed by atoms with Crippen LogP contribution in [0.4, 0.5) is 0 Å². The minimum atomic E-state index is 0.707. The van der Waals surface area contributed by atoms with Gasteiger partial charge in [0.15, 0.2) is 0 Å². The molecule has 0 aliphatic heterocycles. The maximum Gasteiger partial charge on any atom is 0.0815 e. The molecule has 0 bridgehead atoms. The van der Waals surface area contributed by atoms with Crippen LogP contribution in [-0.2, 0) is 6.42 Å². The zero-order valence-electron chi connectivity index (χ0n) is 5.02. The average molecular weight is 144 g/mol. The van der Waals surface area contributed by atoms with E-state index in [0.717, 1.165) is 18.5 Å². The van der Waals surface area contributed by atoms with Crippen LogP contribution in [0.5, 0.6) is 0 Å². The van der Waals surface area contributed by atoms with Crippen LogP contribution in [0.15, 0.2) is 6.20 Å². The Balaban J connectivity index is 2.69. The number of hydrogen-bond acceptors (Lipinski definition) is 1. The van der Waals surface area contributed by atoms with Gasteiger partial charge in [0, 0.05) is 6.20 Å². The van der Waals surface area contributed by atoms with Crippen LogP contribution < -0.4 is 0 Å². The second-order valence-electron chi connectivity index (χ2n) is 1.78. The molecule has 0 fully saturated rings. The molecular weight excluding hydrogens is 136 g/mol. The molecule has 1 aromatic heterocycles. The summed E-state index contributed by atoms with van der Waals surface area (Å²) >= 11 is 5.70. The van der Waals surface area contributed by atoms with Crippen molar-refractivity contribution in [1.82, 2.24) is 10.2 Å². The van der Waals surface area contributed by atoms with Crippen molar-refractivity contribution < 1.29 is 0 Å². The zero-order chi connectivity index (χ0) is 6.69. The molecule has 0 atom stereocenters. The summed E-state index contributed by atoms with van der Waals surface area (Å²) in [6.45, 7) is 3.69. The number of aryl methyl sites for hydroxylation is 1. The monoisotopic (exact) mass is 143 g/mol. The van der Waals surface area contributed by atoms with Crippen molar-refractivity contribution in [3.8, 4) is 0 Å². The Hall–Kier alpha value is -0.500. The first kappa shape index (κ1) is 6.62. The molecule has 0 aliphatic carbocycles. The Bertz CT molecular complexity index is 183. The first-order chi connectivity index (χ1) is 4.34. The van der Waals surface area contributed by atoms with Crippen molar-refractivity contribution in [2.45, 2.75) is 12.8 Å². The van der Waals surface area contributed by atoms with Crippen molar-refractivity contribution in [2.24, 2.45) is 0 Å². The molecule has 1 aromatic rings. The van der Waals surface area contributed by atoms with E-state index < -0.39 is 0 Å². The van der Waals surface area contributed by atoms with E-state index in [4.69, 9.17) is 11.6 Å². The van der Waals surface area contributed by atoms with Crippen LogP contribution in [0.3, 0.4) is 0 Å². The van der Waals surface area contributed by atoms with Crippen molar-refractivity contribution in [1.29, 1.82) is 0 Å². The summed E-state index contributed by atoms with van der Waals surface area (Å²) in [6, 6.07) is 0. The van der Waals surface area contributed by atoms with Gasteiger partial charge < -0.3 is 0 Å². The van der Waals surface area contributed by atoms with Gasteiger partial charge in [-0.15, -0.1) is 0 Å². The molecule has 9 heavy (non-hydrogen) atoms. The van der Waals surface area contributed by atoms with Crippen molar-refractivity contribution >= 4 is 11.6 Å². The normalized spacial score (nSPS) is 10.0. The first-order valence-electron chi connectivity index (χ1n) is 2.82. The van der Waals surface area contributed by atoms with Gasteiger partial charge in [0.1, 0.15) is 0 Å². The number of aromatic amines is 1. The quantitative estimate of drug-likeness (QED) is 0.673. The Morgan fingerprint density at radius 3 is 3.00 bits per heavy atom. The molecule has 3 heteroatoms. The van der Waals surface area contributed by atoms with Crippen LogP contribution in [0.1, 0.15) is 12.1 Å². The molecule has 0 saturated carbocycles. The highest BCUT2D eigenvalue weighted by Crippen LogP contribution is 2.12. The molecule has 2 nitrogen and oxygen atoms in total. The van der Waals surface area contributed by atoms with Gasteiger partial charge in [0.25, 0.3) is 0 Å². The Morgan fingerprint density at radius 1 is 1.78 bits per heavy atom. The largest absolute Gasteiger partial charge is 0.284 e. The Kier molecular flexibility index (Phi) is 2.11. The molecule has 0 unspecified atom stereocenters. The lowest BCUT2D eigenvalue weighted by Gasteiger charge is -1.88. The van der Waals surface area contributed by atoms with Gasteiger partial charge in [-0.1, -0.05) is 18.5 Å². The van der Waals surface area contributed by atoms with Crippen LogP contribution in [0, 0.1) is 6.92 Å². The van der Waals surface area contributed by atoms with E-state index in [-0.39, 0.29) is 0 Å². The highest BCUT2D eigenvalue weighted by Gasteiger charge is 1.98. The van der Waals surface area contributed by atoms with Crippen LogP contribution in [0.2, 0.25) is 5.02 Å². The summed E-state index contributed by atoms with van der Waals surface area (Å²) in [6.07, 6.45) is 3.36. The molecule has 1 N–H and O–H groups in total. The van der Waals surface area contributed by atoms with Gasteiger partial charge in [-0.05, 0) is 12.8 Å². The van der Waals surface area contributed by atoms with E-state index in [1.165, 1.54) is 0 Å². The van der Waals surface area contributed by atoms with Gasteiger partial charge in [0.2, 0.25) is 0 Å². The van der Waals surface area contributed by atoms with E-state index in [2.05, 4.69) is 17.1 Å².